The summed E-state index contributed by atoms with van der Waals surface area (Å²) in [5.74, 6) is -2.71. The number of rotatable bonds is 8. The summed E-state index contributed by atoms with van der Waals surface area (Å²) in [7, 11) is 0. The quantitative estimate of drug-likeness (QED) is 0.317. The van der Waals surface area contributed by atoms with Crippen molar-refractivity contribution in [3.8, 4) is 11.3 Å². The highest BCUT2D eigenvalue weighted by molar-refractivity contribution is 6.03. The molecule has 1 aromatic carbocycles. The molecule has 2 heterocycles. The van der Waals surface area contributed by atoms with E-state index in [0.717, 1.165) is 47.8 Å². The van der Waals surface area contributed by atoms with E-state index in [1.165, 1.54) is 0 Å². The van der Waals surface area contributed by atoms with Gasteiger partial charge in [0, 0.05) is 42.5 Å². The number of imidazole rings is 1. The van der Waals surface area contributed by atoms with Gasteiger partial charge < -0.3 is 5.21 Å². The Kier molecular flexibility index (Phi) is 5.37. The van der Waals surface area contributed by atoms with Gasteiger partial charge in [-0.3, -0.25) is 9.20 Å². The lowest BCUT2D eigenvalue weighted by Crippen LogP contribution is -2.13. The third-order valence-corrected chi connectivity index (χ3v) is 5.35. The third kappa shape index (κ3) is 4.56. The van der Waals surface area contributed by atoms with Gasteiger partial charge in [-0.15, -0.1) is 0 Å². The van der Waals surface area contributed by atoms with Crippen LogP contribution in [0.3, 0.4) is 0 Å². The first-order chi connectivity index (χ1) is 14.3. The minimum Gasteiger partial charge on any atom is -0.411 e. The second kappa shape index (κ2) is 7.97. The molecule has 0 radical (unpaired) electrons. The van der Waals surface area contributed by atoms with Gasteiger partial charge in [0.15, 0.2) is 0 Å². The number of halogens is 2. The molecular weight excluding hydrogens is 388 g/mol. The predicted octanol–water partition coefficient (Wildman–Crippen LogP) is 5.14. The third-order valence-electron chi connectivity index (χ3n) is 5.35. The van der Waals surface area contributed by atoms with Crippen molar-refractivity contribution in [2.45, 2.75) is 45.0 Å². The Morgan fingerprint density at radius 1 is 1.30 bits per heavy atom. The topological polar surface area (TPSA) is 67.0 Å². The van der Waals surface area contributed by atoms with Gasteiger partial charge >= 0.3 is 0 Å². The zero-order chi connectivity index (χ0) is 21.3. The standard InChI is InChI=1S/C23H23F2N3O2/c1-23(24,25)9-7-19(29)12-15-3-2-4-17(11-15)20-14-26-21-13-18(8-10-28(20)21)22(27-30)16-5-6-16/h2-4,8,10-11,13-14,16,30H,5-7,9,12H2,1H3/b27-22-. The highest BCUT2D eigenvalue weighted by Gasteiger charge is 2.29. The van der Waals surface area contributed by atoms with Crippen molar-refractivity contribution >= 4 is 17.1 Å². The van der Waals surface area contributed by atoms with Crippen molar-refractivity contribution in [3.63, 3.8) is 0 Å². The first kappa shape index (κ1) is 20.2. The van der Waals surface area contributed by atoms with Crippen LogP contribution in [0, 0.1) is 5.92 Å². The summed E-state index contributed by atoms with van der Waals surface area (Å²) in [5, 5.41) is 12.8. The fourth-order valence-corrected chi connectivity index (χ4v) is 3.60. The minimum atomic E-state index is -2.83. The van der Waals surface area contributed by atoms with E-state index >= 15 is 0 Å². The average Bonchev–Trinajstić information content (AvgIpc) is 3.45. The summed E-state index contributed by atoms with van der Waals surface area (Å²) in [4.78, 5) is 16.6. The Labute approximate surface area is 173 Å². The molecule has 30 heavy (non-hydrogen) atoms. The number of aromatic nitrogens is 2. The number of benzene rings is 1. The van der Waals surface area contributed by atoms with Crippen LogP contribution in [0.15, 0.2) is 53.9 Å². The van der Waals surface area contributed by atoms with Crippen LogP contribution in [0.4, 0.5) is 8.78 Å². The van der Waals surface area contributed by atoms with Crippen molar-refractivity contribution in [3.05, 3.63) is 59.9 Å². The number of Topliss-reactive ketones (excluding diaryl/α,β-unsaturated/α-hetero) is 1. The molecule has 0 unspecified atom stereocenters. The smallest absolute Gasteiger partial charge is 0.245 e. The Morgan fingerprint density at radius 2 is 2.10 bits per heavy atom. The zero-order valence-electron chi connectivity index (χ0n) is 16.7. The number of carbonyl (C=O) groups is 1. The molecule has 0 saturated heterocycles. The van der Waals surface area contributed by atoms with Crippen molar-refractivity contribution in [2.24, 2.45) is 11.1 Å². The van der Waals surface area contributed by atoms with Crippen LogP contribution < -0.4 is 0 Å². The van der Waals surface area contributed by atoms with Crippen LogP contribution in [-0.4, -0.2) is 32.0 Å². The van der Waals surface area contributed by atoms with Crippen LogP contribution in [0.5, 0.6) is 0 Å². The molecular formula is C23H23F2N3O2. The lowest BCUT2D eigenvalue weighted by atomic mass is 10.0. The second-order valence-corrected chi connectivity index (χ2v) is 8.03. The van der Waals surface area contributed by atoms with Crippen molar-refractivity contribution < 1.29 is 18.8 Å². The largest absolute Gasteiger partial charge is 0.411 e. The molecule has 0 atom stereocenters. The van der Waals surface area contributed by atoms with Gasteiger partial charge in [-0.2, -0.15) is 0 Å². The molecule has 2 aromatic heterocycles. The number of ketones is 1. The summed E-state index contributed by atoms with van der Waals surface area (Å²) >= 11 is 0. The summed E-state index contributed by atoms with van der Waals surface area (Å²) in [5.41, 5.74) is 4.82. The fourth-order valence-electron chi connectivity index (χ4n) is 3.60. The van der Waals surface area contributed by atoms with Crippen LogP contribution in [0.2, 0.25) is 0 Å². The minimum absolute atomic E-state index is 0.127. The van der Waals surface area contributed by atoms with Crippen LogP contribution in [0.25, 0.3) is 16.9 Å². The maximum atomic E-state index is 13.0. The number of carbonyl (C=O) groups excluding carboxylic acids is 1. The van der Waals surface area contributed by atoms with E-state index < -0.39 is 12.3 Å². The van der Waals surface area contributed by atoms with Gasteiger partial charge in [0.1, 0.15) is 11.4 Å². The van der Waals surface area contributed by atoms with E-state index in [1.807, 2.05) is 47.0 Å². The van der Waals surface area contributed by atoms with E-state index in [2.05, 4.69) is 10.1 Å². The Bertz CT molecular complexity index is 1110. The fraction of sp³-hybridized carbons (Fsp3) is 0.348. The molecule has 1 saturated carbocycles. The zero-order valence-corrected chi connectivity index (χ0v) is 16.7. The number of hydrogen-bond donors (Lipinski definition) is 1. The van der Waals surface area contributed by atoms with Gasteiger partial charge in [0.05, 0.1) is 17.6 Å². The van der Waals surface area contributed by atoms with E-state index in [1.54, 1.807) is 6.20 Å². The Morgan fingerprint density at radius 3 is 2.80 bits per heavy atom. The van der Waals surface area contributed by atoms with Crippen LogP contribution >= 0.6 is 0 Å². The van der Waals surface area contributed by atoms with Crippen LogP contribution in [0.1, 0.15) is 43.7 Å². The van der Waals surface area contributed by atoms with E-state index in [9.17, 15) is 18.8 Å². The van der Waals surface area contributed by atoms with Gasteiger partial charge in [-0.1, -0.05) is 23.4 Å². The first-order valence-corrected chi connectivity index (χ1v) is 10.0. The van der Waals surface area contributed by atoms with Gasteiger partial charge in [-0.25, -0.2) is 13.8 Å². The van der Waals surface area contributed by atoms with E-state index in [4.69, 9.17) is 0 Å². The summed E-state index contributed by atoms with van der Waals surface area (Å²) in [6, 6.07) is 11.3. The molecule has 1 fully saturated rings. The molecule has 0 bridgehead atoms. The monoisotopic (exact) mass is 411 g/mol. The second-order valence-electron chi connectivity index (χ2n) is 8.03. The van der Waals surface area contributed by atoms with Gasteiger partial charge in [0.25, 0.3) is 0 Å². The van der Waals surface area contributed by atoms with Crippen molar-refractivity contribution in [2.75, 3.05) is 0 Å². The van der Waals surface area contributed by atoms with Gasteiger partial charge in [0.2, 0.25) is 5.92 Å². The molecule has 7 heteroatoms. The predicted molar refractivity (Wildman–Crippen MR) is 110 cm³/mol. The lowest BCUT2D eigenvalue weighted by Gasteiger charge is -2.09. The van der Waals surface area contributed by atoms with Crippen molar-refractivity contribution in [1.29, 1.82) is 0 Å². The number of fused-ring (bicyclic) bond motifs is 1. The molecule has 0 aliphatic heterocycles. The number of nitrogens with zero attached hydrogens (tertiary/aromatic N) is 3. The molecule has 0 spiro atoms. The number of oxime groups is 1. The number of hydrogen-bond acceptors (Lipinski definition) is 4. The van der Waals surface area contributed by atoms with Crippen LogP contribution in [-0.2, 0) is 11.2 Å². The SMILES string of the molecule is CC(F)(F)CCC(=O)Cc1cccc(-c2cnc3cc(/C(=N\O)C4CC4)ccn23)c1. The molecule has 1 N–H and O–H groups in total. The molecule has 0 amide bonds. The van der Waals surface area contributed by atoms with E-state index in [-0.39, 0.29) is 18.6 Å². The number of pyridine rings is 1. The summed E-state index contributed by atoms with van der Waals surface area (Å²) in [6.07, 6.45) is 5.27. The summed E-state index contributed by atoms with van der Waals surface area (Å²) in [6.45, 7) is 0.830. The molecule has 4 rings (SSSR count). The Balaban J connectivity index is 1.55. The first-order valence-electron chi connectivity index (χ1n) is 10.0. The Hall–Kier alpha value is -3.09. The highest BCUT2D eigenvalue weighted by atomic mass is 19.3. The van der Waals surface area contributed by atoms with Crippen molar-refractivity contribution in [1.82, 2.24) is 9.38 Å². The maximum Gasteiger partial charge on any atom is 0.245 e. The molecule has 5 nitrogen and oxygen atoms in total. The normalized spacial score (nSPS) is 15.0. The average molecular weight is 411 g/mol. The highest BCUT2D eigenvalue weighted by Crippen LogP contribution is 2.33. The maximum absolute atomic E-state index is 13.0. The molecule has 3 aromatic rings. The lowest BCUT2D eigenvalue weighted by molar-refractivity contribution is -0.120. The summed E-state index contributed by atoms with van der Waals surface area (Å²) < 4.78 is 27.9. The molecule has 1 aliphatic rings. The molecule has 1 aliphatic carbocycles. The number of alkyl halides is 2. The van der Waals surface area contributed by atoms with Gasteiger partial charge in [-0.05, 0) is 43.5 Å². The molecule has 156 valence electrons. The van der Waals surface area contributed by atoms with E-state index in [0.29, 0.717) is 11.6 Å².